The summed E-state index contributed by atoms with van der Waals surface area (Å²) in [6, 6.07) is 9.72. The van der Waals surface area contributed by atoms with E-state index < -0.39 is 30.5 Å². The zero-order chi connectivity index (χ0) is 21.0. The SMILES string of the molecule is O=C(Nc1cccc2c1CCCC2)C(=O)NC(CC(F)(F)F)c1ccc(Cl)cc1. The summed E-state index contributed by atoms with van der Waals surface area (Å²) in [7, 11) is 0. The molecular weight excluding hydrogens is 405 g/mol. The Kier molecular flexibility index (Phi) is 6.47. The third-order valence-corrected chi connectivity index (χ3v) is 5.12. The zero-order valence-electron chi connectivity index (χ0n) is 15.5. The van der Waals surface area contributed by atoms with E-state index in [0.717, 1.165) is 36.8 Å². The molecule has 0 spiro atoms. The van der Waals surface area contributed by atoms with Crippen LogP contribution in [0.3, 0.4) is 0 Å². The van der Waals surface area contributed by atoms with Crippen molar-refractivity contribution < 1.29 is 22.8 Å². The summed E-state index contributed by atoms with van der Waals surface area (Å²) in [6.07, 6.45) is -2.09. The predicted octanol–water partition coefficient (Wildman–Crippen LogP) is 4.97. The fourth-order valence-electron chi connectivity index (χ4n) is 3.48. The average Bonchev–Trinajstić information content (AvgIpc) is 2.67. The van der Waals surface area contributed by atoms with E-state index in [1.807, 2.05) is 6.07 Å². The van der Waals surface area contributed by atoms with Crippen LogP contribution in [0.5, 0.6) is 0 Å². The Balaban J connectivity index is 1.74. The van der Waals surface area contributed by atoms with Crippen molar-refractivity contribution in [3.63, 3.8) is 0 Å². The maximum Gasteiger partial charge on any atom is 0.391 e. The molecule has 4 nitrogen and oxygen atoms in total. The first-order chi connectivity index (χ1) is 13.7. The Hall–Kier alpha value is -2.54. The van der Waals surface area contributed by atoms with Crippen LogP contribution in [-0.2, 0) is 22.4 Å². The number of benzene rings is 2. The summed E-state index contributed by atoms with van der Waals surface area (Å²) in [5.74, 6) is -2.12. The number of carbonyl (C=O) groups is 2. The number of carbonyl (C=O) groups excluding carboxylic acids is 2. The molecule has 0 heterocycles. The Bertz CT molecular complexity index is 898. The number of halogens is 4. The van der Waals surface area contributed by atoms with Crippen molar-refractivity contribution in [2.45, 2.75) is 44.3 Å². The number of amides is 2. The fourth-order valence-corrected chi connectivity index (χ4v) is 3.61. The molecule has 0 bridgehead atoms. The average molecular weight is 425 g/mol. The van der Waals surface area contributed by atoms with Gasteiger partial charge in [-0.05, 0) is 60.6 Å². The largest absolute Gasteiger partial charge is 0.391 e. The van der Waals surface area contributed by atoms with Crippen molar-refractivity contribution in [3.8, 4) is 0 Å². The molecule has 0 aliphatic heterocycles. The van der Waals surface area contributed by atoms with Crippen molar-refractivity contribution in [2.24, 2.45) is 0 Å². The molecule has 2 N–H and O–H groups in total. The molecule has 1 unspecified atom stereocenters. The Morgan fingerprint density at radius 1 is 1.00 bits per heavy atom. The van der Waals surface area contributed by atoms with Crippen LogP contribution in [0.1, 0.15) is 42.0 Å². The van der Waals surface area contributed by atoms with Gasteiger partial charge in [0.15, 0.2) is 0 Å². The van der Waals surface area contributed by atoms with Crippen LogP contribution in [0.2, 0.25) is 5.02 Å². The van der Waals surface area contributed by atoms with Crippen LogP contribution in [0, 0.1) is 0 Å². The first-order valence-corrected chi connectivity index (χ1v) is 9.65. The summed E-state index contributed by atoms with van der Waals surface area (Å²) in [5.41, 5.74) is 2.83. The number of nitrogens with one attached hydrogen (secondary N) is 2. The van der Waals surface area contributed by atoms with Gasteiger partial charge in [0.05, 0.1) is 12.5 Å². The number of alkyl halides is 3. The van der Waals surface area contributed by atoms with Gasteiger partial charge in [0, 0.05) is 10.7 Å². The standard InChI is InChI=1S/C21H20ClF3N2O2/c22-15-10-8-14(9-11-15)18(12-21(23,24)25)27-20(29)19(28)26-17-7-3-5-13-4-1-2-6-16(13)17/h3,5,7-11,18H,1-2,4,6,12H2,(H,26,28)(H,27,29). The van der Waals surface area contributed by atoms with E-state index in [4.69, 9.17) is 11.6 Å². The lowest BCUT2D eigenvalue weighted by atomic mass is 9.90. The highest BCUT2D eigenvalue weighted by atomic mass is 35.5. The van der Waals surface area contributed by atoms with Gasteiger partial charge in [-0.3, -0.25) is 9.59 Å². The summed E-state index contributed by atoms with van der Waals surface area (Å²) >= 11 is 5.78. The van der Waals surface area contributed by atoms with E-state index in [1.54, 1.807) is 12.1 Å². The van der Waals surface area contributed by atoms with E-state index in [0.29, 0.717) is 10.7 Å². The van der Waals surface area contributed by atoms with Crippen LogP contribution in [0.15, 0.2) is 42.5 Å². The van der Waals surface area contributed by atoms with E-state index >= 15 is 0 Å². The molecule has 0 fully saturated rings. The van der Waals surface area contributed by atoms with Gasteiger partial charge in [0.2, 0.25) is 0 Å². The molecule has 8 heteroatoms. The first kappa shape index (κ1) is 21.2. The van der Waals surface area contributed by atoms with Gasteiger partial charge in [0.1, 0.15) is 0 Å². The normalized spacial score (nSPS) is 14.6. The van der Waals surface area contributed by atoms with E-state index in [1.165, 1.54) is 24.3 Å². The van der Waals surface area contributed by atoms with Crippen molar-refractivity contribution in [2.75, 3.05) is 5.32 Å². The molecule has 3 rings (SSSR count). The van der Waals surface area contributed by atoms with Crippen LogP contribution in [0.25, 0.3) is 0 Å². The minimum Gasteiger partial charge on any atom is -0.341 e. The lowest BCUT2D eigenvalue weighted by molar-refractivity contribution is -0.146. The number of aryl methyl sites for hydroxylation is 1. The zero-order valence-corrected chi connectivity index (χ0v) is 16.2. The maximum absolute atomic E-state index is 13.0. The lowest BCUT2D eigenvalue weighted by Crippen LogP contribution is -2.39. The predicted molar refractivity (Wildman–Crippen MR) is 105 cm³/mol. The molecule has 154 valence electrons. The van der Waals surface area contributed by atoms with Crippen molar-refractivity contribution >= 4 is 29.1 Å². The Morgan fingerprint density at radius 2 is 1.69 bits per heavy atom. The van der Waals surface area contributed by atoms with Crippen LogP contribution in [0.4, 0.5) is 18.9 Å². The monoisotopic (exact) mass is 424 g/mol. The molecule has 1 atom stereocenters. The molecule has 0 saturated heterocycles. The van der Waals surface area contributed by atoms with E-state index in [9.17, 15) is 22.8 Å². The fraction of sp³-hybridized carbons (Fsp3) is 0.333. The van der Waals surface area contributed by atoms with Crippen molar-refractivity contribution in [1.82, 2.24) is 5.32 Å². The molecule has 2 amide bonds. The molecule has 0 radical (unpaired) electrons. The Labute approximate surface area is 171 Å². The molecule has 1 aliphatic rings. The van der Waals surface area contributed by atoms with E-state index in [-0.39, 0.29) is 5.56 Å². The molecule has 1 aliphatic carbocycles. The van der Waals surface area contributed by atoms with Crippen molar-refractivity contribution in [1.29, 1.82) is 0 Å². The van der Waals surface area contributed by atoms with Crippen LogP contribution < -0.4 is 10.6 Å². The molecule has 0 aromatic heterocycles. The lowest BCUT2D eigenvalue weighted by Gasteiger charge is -2.22. The number of hydrogen-bond donors (Lipinski definition) is 2. The van der Waals surface area contributed by atoms with Gasteiger partial charge in [0.25, 0.3) is 0 Å². The second-order valence-corrected chi connectivity index (χ2v) is 7.44. The quantitative estimate of drug-likeness (QED) is 0.681. The van der Waals surface area contributed by atoms with Crippen LogP contribution in [-0.4, -0.2) is 18.0 Å². The minimum absolute atomic E-state index is 0.213. The highest BCUT2D eigenvalue weighted by Gasteiger charge is 2.34. The van der Waals surface area contributed by atoms with E-state index in [2.05, 4.69) is 10.6 Å². The summed E-state index contributed by atoms with van der Waals surface area (Å²) in [4.78, 5) is 24.7. The highest BCUT2D eigenvalue weighted by Crippen LogP contribution is 2.31. The van der Waals surface area contributed by atoms with Gasteiger partial charge in [-0.2, -0.15) is 13.2 Å². The topological polar surface area (TPSA) is 58.2 Å². The van der Waals surface area contributed by atoms with Crippen molar-refractivity contribution in [3.05, 3.63) is 64.2 Å². The van der Waals surface area contributed by atoms with Gasteiger partial charge in [-0.25, -0.2) is 0 Å². The maximum atomic E-state index is 13.0. The molecule has 2 aromatic carbocycles. The molecule has 2 aromatic rings. The first-order valence-electron chi connectivity index (χ1n) is 9.28. The minimum atomic E-state index is -4.52. The summed E-state index contributed by atoms with van der Waals surface area (Å²) in [5, 5.41) is 5.10. The van der Waals surface area contributed by atoms with Gasteiger partial charge in [-0.1, -0.05) is 35.9 Å². The molecular formula is C21H20ClF3N2O2. The molecule has 0 saturated carbocycles. The summed E-state index contributed by atoms with van der Waals surface area (Å²) < 4.78 is 38.9. The number of hydrogen-bond acceptors (Lipinski definition) is 2. The number of fused-ring (bicyclic) bond motifs is 1. The number of rotatable bonds is 4. The second-order valence-electron chi connectivity index (χ2n) is 7.00. The highest BCUT2D eigenvalue weighted by molar-refractivity contribution is 6.39. The Morgan fingerprint density at radius 3 is 2.38 bits per heavy atom. The third-order valence-electron chi connectivity index (χ3n) is 4.86. The number of anilines is 1. The smallest absolute Gasteiger partial charge is 0.341 e. The third kappa shape index (κ3) is 5.73. The van der Waals surface area contributed by atoms with Crippen LogP contribution >= 0.6 is 11.6 Å². The van der Waals surface area contributed by atoms with Gasteiger partial charge >= 0.3 is 18.0 Å². The van der Waals surface area contributed by atoms with Gasteiger partial charge < -0.3 is 10.6 Å². The van der Waals surface area contributed by atoms with Gasteiger partial charge in [-0.15, -0.1) is 0 Å². The second kappa shape index (κ2) is 8.86. The molecule has 29 heavy (non-hydrogen) atoms. The summed E-state index contributed by atoms with van der Waals surface area (Å²) in [6.45, 7) is 0.